The molecule has 144 valence electrons. The highest BCUT2D eigenvalue weighted by Crippen LogP contribution is 2.24. The summed E-state index contributed by atoms with van der Waals surface area (Å²) < 4.78 is 54.4. The summed E-state index contributed by atoms with van der Waals surface area (Å²) in [7, 11) is -3.92. The Hall–Kier alpha value is -2.03. The fourth-order valence-corrected chi connectivity index (χ4v) is 4.82. The van der Waals surface area contributed by atoms with Crippen LogP contribution in [0.3, 0.4) is 0 Å². The summed E-state index contributed by atoms with van der Waals surface area (Å²) in [5, 5.41) is -0.199. The summed E-state index contributed by atoms with van der Waals surface area (Å²) in [5.74, 6) is -1.63. The van der Waals surface area contributed by atoms with E-state index in [1.54, 1.807) is 6.07 Å². The maximum atomic E-state index is 13.8. The van der Waals surface area contributed by atoms with Gasteiger partial charge in [-0.3, -0.25) is 4.79 Å². The number of piperidine rings is 1. The Bertz CT molecular complexity index is 961. The molecule has 0 bridgehead atoms. The first-order valence-electron chi connectivity index (χ1n) is 8.29. The minimum absolute atomic E-state index is 0.00498. The van der Waals surface area contributed by atoms with E-state index < -0.39 is 33.6 Å². The van der Waals surface area contributed by atoms with Gasteiger partial charge in [-0.2, -0.15) is 0 Å². The van der Waals surface area contributed by atoms with E-state index in [1.165, 1.54) is 23.1 Å². The van der Waals surface area contributed by atoms with Gasteiger partial charge in [-0.25, -0.2) is 21.9 Å². The van der Waals surface area contributed by atoms with Crippen molar-refractivity contribution in [1.29, 1.82) is 0 Å². The molecule has 1 aliphatic rings. The zero-order valence-corrected chi connectivity index (χ0v) is 15.7. The second kappa shape index (κ2) is 7.92. The van der Waals surface area contributed by atoms with Crippen molar-refractivity contribution in [2.45, 2.75) is 23.8 Å². The lowest BCUT2D eigenvalue weighted by molar-refractivity contribution is 0.0706. The Kier molecular flexibility index (Phi) is 5.78. The molecule has 1 amide bonds. The monoisotopic (exact) mass is 414 g/mol. The third-order valence-electron chi connectivity index (χ3n) is 4.39. The van der Waals surface area contributed by atoms with Crippen LogP contribution in [0, 0.1) is 11.6 Å². The highest BCUT2D eigenvalue weighted by Gasteiger charge is 2.29. The van der Waals surface area contributed by atoms with Gasteiger partial charge < -0.3 is 4.90 Å². The molecule has 3 rings (SSSR count). The Morgan fingerprint density at radius 1 is 1.11 bits per heavy atom. The van der Waals surface area contributed by atoms with E-state index in [0.29, 0.717) is 12.8 Å². The van der Waals surface area contributed by atoms with Gasteiger partial charge >= 0.3 is 0 Å². The predicted octanol–water partition coefficient (Wildman–Crippen LogP) is 3.20. The van der Waals surface area contributed by atoms with E-state index in [0.717, 1.165) is 18.2 Å². The van der Waals surface area contributed by atoms with Crippen molar-refractivity contribution in [1.82, 2.24) is 9.62 Å². The van der Waals surface area contributed by atoms with Crippen LogP contribution >= 0.6 is 11.6 Å². The van der Waals surface area contributed by atoms with Crippen LogP contribution < -0.4 is 4.72 Å². The molecule has 0 radical (unpaired) electrons. The number of nitrogens with zero attached hydrogens (tertiary/aromatic N) is 1. The normalized spacial score (nSPS) is 15.7. The van der Waals surface area contributed by atoms with Gasteiger partial charge in [-0.05, 0) is 43.2 Å². The number of benzene rings is 2. The molecule has 0 aromatic heterocycles. The number of carbonyl (C=O) groups is 1. The summed E-state index contributed by atoms with van der Waals surface area (Å²) >= 11 is 5.83. The van der Waals surface area contributed by atoms with Gasteiger partial charge in [0, 0.05) is 19.1 Å². The quantitative estimate of drug-likeness (QED) is 0.835. The molecular formula is C18H17ClF2N2O3S. The van der Waals surface area contributed by atoms with E-state index in [1.807, 2.05) is 0 Å². The van der Waals surface area contributed by atoms with Crippen molar-refractivity contribution >= 4 is 27.5 Å². The molecule has 2 aromatic carbocycles. The van der Waals surface area contributed by atoms with Crippen LogP contribution in [-0.4, -0.2) is 38.4 Å². The first-order chi connectivity index (χ1) is 12.8. The van der Waals surface area contributed by atoms with Crippen LogP contribution in [0.15, 0.2) is 47.4 Å². The third kappa shape index (κ3) is 4.45. The first-order valence-corrected chi connectivity index (χ1v) is 10.2. The Labute approximate surface area is 161 Å². The summed E-state index contributed by atoms with van der Waals surface area (Å²) in [5.41, 5.74) is -0.00498. The Morgan fingerprint density at radius 3 is 2.41 bits per heavy atom. The number of halogens is 3. The molecule has 9 heteroatoms. The molecule has 0 aliphatic carbocycles. The number of likely N-dealkylation sites (tertiary alicyclic amines) is 1. The van der Waals surface area contributed by atoms with Gasteiger partial charge in [0.15, 0.2) is 0 Å². The summed E-state index contributed by atoms with van der Waals surface area (Å²) in [6, 6.07) is 8.40. The standard InChI is InChI=1S/C18H17ClF2N2O3S/c19-15-11-12(20)5-6-17(15)27(25,26)22-13-7-9-23(10-8-13)18(24)14-3-1-2-4-16(14)21/h1-6,11,13,22H,7-10H2. The van der Waals surface area contributed by atoms with Crippen molar-refractivity contribution < 1.29 is 22.0 Å². The van der Waals surface area contributed by atoms with Gasteiger partial charge in [0.1, 0.15) is 16.5 Å². The molecule has 5 nitrogen and oxygen atoms in total. The Balaban J connectivity index is 1.64. The number of carbonyl (C=O) groups excluding carboxylic acids is 1. The third-order valence-corrected chi connectivity index (χ3v) is 6.40. The number of rotatable bonds is 4. The molecule has 1 fully saturated rings. The second-order valence-corrected chi connectivity index (χ2v) is 8.33. The lowest BCUT2D eigenvalue weighted by Crippen LogP contribution is -2.46. The van der Waals surface area contributed by atoms with Crippen molar-refractivity contribution in [2.75, 3.05) is 13.1 Å². The molecule has 1 aliphatic heterocycles. The van der Waals surface area contributed by atoms with Crippen LogP contribution in [0.1, 0.15) is 23.2 Å². The topological polar surface area (TPSA) is 66.5 Å². The van der Waals surface area contributed by atoms with Crippen LogP contribution in [0.25, 0.3) is 0 Å². The van der Waals surface area contributed by atoms with E-state index in [2.05, 4.69) is 4.72 Å². The molecule has 0 atom stereocenters. The SMILES string of the molecule is O=C(c1ccccc1F)N1CCC(NS(=O)(=O)c2ccc(F)cc2Cl)CC1. The van der Waals surface area contributed by atoms with E-state index in [-0.39, 0.29) is 28.6 Å². The van der Waals surface area contributed by atoms with E-state index in [4.69, 9.17) is 11.6 Å². The number of sulfonamides is 1. The van der Waals surface area contributed by atoms with Crippen LogP contribution in [-0.2, 0) is 10.0 Å². The molecule has 1 saturated heterocycles. The van der Waals surface area contributed by atoms with Crippen molar-refractivity contribution in [2.24, 2.45) is 0 Å². The number of hydrogen-bond acceptors (Lipinski definition) is 3. The number of hydrogen-bond donors (Lipinski definition) is 1. The first kappa shape index (κ1) is 19.7. The smallest absolute Gasteiger partial charge is 0.256 e. The zero-order valence-electron chi connectivity index (χ0n) is 14.2. The fourth-order valence-electron chi connectivity index (χ4n) is 2.98. The van der Waals surface area contributed by atoms with Crippen LogP contribution in [0.2, 0.25) is 5.02 Å². The fraction of sp³-hybridized carbons (Fsp3) is 0.278. The molecule has 1 heterocycles. The molecular weight excluding hydrogens is 398 g/mol. The van der Waals surface area contributed by atoms with Gasteiger partial charge in [-0.1, -0.05) is 23.7 Å². The average Bonchev–Trinajstić information content (AvgIpc) is 2.61. The predicted molar refractivity (Wildman–Crippen MR) is 97.1 cm³/mol. The zero-order chi connectivity index (χ0) is 19.6. The van der Waals surface area contributed by atoms with Crippen molar-refractivity contribution in [3.05, 3.63) is 64.7 Å². The molecule has 0 unspecified atom stereocenters. The van der Waals surface area contributed by atoms with Gasteiger partial charge in [0.05, 0.1) is 10.6 Å². The maximum Gasteiger partial charge on any atom is 0.256 e. The van der Waals surface area contributed by atoms with E-state index in [9.17, 15) is 22.0 Å². The van der Waals surface area contributed by atoms with Gasteiger partial charge in [-0.15, -0.1) is 0 Å². The van der Waals surface area contributed by atoms with Gasteiger partial charge in [0.25, 0.3) is 5.91 Å². The second-order valence-electron chi connectivity index (χ2n) is 6.24. The number of amides is 1. The van der Waals surface area contributed by atoms with Gasteiger partial charge in [0.2, 0.25) is 10.0 Å². The Morgan fingerprint density at radius 2 is 1.78 bits per heavy atom. The van der Waals surface area contributed by atoms with Crippen molar-refractivity contribution in [3.63, 3.8) is 0 Å². The molecule has 0 saturated carbocycles. The highest BCUT2D eigenvalue weighted by atomic mass is 35.5. The minimum Gasteiger partial charge on any atom is -0.338 e. The summed E-state index contributed by atoms with van der Waals surface area (Å²) in [4.78, 5) is 13.7. The molecule has 0 spiro atoms. The molecule has 27 heavy (non-hydrogen) atoms. The van der Waals surface area contributed by atoms with E-state index >= 15 is 0 Å². The largest absolute Gasteiger partial charge is 0.338 e. The number of nitrogens with one attached hydrogen (secondary N) is 1. The highest BCUT2D eigenvalue weighted by molar-refractivity contribution is 7.89. The van der Waals surface area contributed by atoms with Crippen LogP contribution in [0.5, 0.6) is 0 Å². The summed E-state index contributed by atoms with van der Waals surface area (Å²) in [6.07, 6.45) is 0.747. The lowest BCUT2D eigenvalue weighted by atomic mass is 10.0. The van der Waals surface area contributed by atoms with Crippen molar-refractivity contribution in [3.8, 4) is 0 Å². The average molecular weight is 415 g/mol. The lowest BCUT2D eigenvalue weighted by Gasteiger charge is -2.32. The summed E-state index contributed by atoms with van der Waals surface area (Å²) in [6.45, 7) is 0.578. The maximum absolute atomic E-state index is 13.8. The minimum atomic E-state index is -3.92. The molecule has 2 aromatic rings. The van der Waals surface area contributed by atoms with Crippen LogP contribution in [0.4, 0.5) is 8.78 Å². The molecule has 1 N–H and O–H groups in total.